The third kappa shape index (κ3) is 6.37. The van der Waals surface area contributed by atoms with Crippen LogP contribution in [-0.2, 0) is 37.6 Å². The first-order valence-electron chi connectivity index (χ1n) is 7.99. The number of rotatable bonds is 5. The van der Waals surface area contributed by atoms with Crippen molar-refractivity contribution >= 4 is 54.0 Å². The molecule has 0 aliphatic heterocycles. The van der Waals surface area contributed by atoms with Gasteiger partial charge in [-0.3, -0.25) is 0 Å². The van der Waals surface area contributed by atoms with E-state index in [-0.39, 0.29) is 74.2 Å². The van der Waals surface area contributed by atoms with Gasteiger partial charge in [-0.2, -0.15) is 5.11 Å². The van der Waals surface area contributed by atoms with Gasteiger partial charge in [0.1, 0.15) is 26.0 Å². The van der Waals surface area contributed by atoms with Gasteiger partial charge in [0.05, 0.1) is 33.3 Å². The summed E-state index contributed by atoms with van der Waals surface area (Å²) in [6, 6.07) is 5.32. The van der Waals surface area contributed by atoms with Gasteiger partial charge in [0.15, 0.2) is 0 Å². The van der Waals surface area contributed by atoms with Gasteiger partial charge in [-0.1, -0.05) is 29.2 Å². The standard InChI is InChI=1S/C17H13ClN2O9S2.Cr.Na/c1-29-14-7-12(13(21)6-11(14)18)19-20-16-15(31(26,27)28)5-8-4-9(30(23,24)25)2-3-10(8)17(16)22;;/h2-7,21-22H,1H3,(H,23,24,25)(H,26,27,28);;/q;+3;+1/p-4. The van der Waals surface area contributed by atoms with Gasteiger partial charge in [0.25, 0.3) is 0 Å². The molecule has 0 saturated heterocycles. The molecule has 16 heteroatoms. The van der Waals surface area contributed by atoms with Crippen LogP contribution in [0.3, 0.4) is 0 Å². The fraction of sp³-hybridized carbons (Fsp3) is 0.0588. The predicted octanol–water partition coefficient (Wildman–Crippen LogP) is -1.13. The van der Waals surface area contributed by atoms with Crippen molar-refractivity contribution in [3.05, 3.63) is 41.4 Å². The Hall–Kier alpha value is -1.44. The van der Waals surface area contributed by atoms with Crippen LogP contribution in [0.4, 0.5) is 11.4 Å². The number of ether oxygens (including phenoxy) is 1. The summed E-state index contributed by atoms with van der Waals surface area (Å²) >= 11 is 5.81. The third-order valence-corrected chi connectivity index (χ3v) is 6.03. The fourth-order valence-corrected chi connectivity index (χ4v) is 4.00. The molecule has 3 rings (SSSR count). The maximum absolute atomic E-state index is 12.7. The Bertz CT molecular complexity index is 1470. The van der Waals surface area contributed by atoms with E-state index in [1.165, 1.54) is 7.11 Å². The van der Waals surface area contributed by atoms with Crippen molar-refractivity contribution in [1.29, 1.82) is 0 Å². The zero-order chi connectivity index (χ0) is 23.1. The quantitative estimate of drug-likeness (QED) is 0.211. The zero-order valence-corrected chi connectivity index (χ0v) is 22.3. The maximum Gasteiger partial charge on any atom is 3.00 e. The van der Waals surface area contributed by atoms with Crippen molar-refractivity contribution in [2.24, 2.45) is 10.2 Å². The number of hydrogen-bond donors (Lipinski definition) is 0. The van der Waals surface area contributed by atoms with E-state index in [1.807, 2.05) is 0 Å². The van der Waals surface area contributed by atoms with E-state index >= 15 is 0 Å². The predicted molar refractivity (Wildman–Crippen MR) is 101 cm³/mol. The summed E-state index contributed by atoms with van der Waals surface area (Å²) in [5.74, 6) is -1.75. The minimum absolute atomic E-state index is 0. The summed E-state index contributed by atoms with van der Waals surface area (Å²) in [6.07, 6.45) is 0. The second-order valence-electron chi connectivity index (χ2n) is 6.00. The van der Waals surface area contributed by atoms with Gasteiger partial charge in [0, 0.05) is 6.07 Å². The topological polar surface area (TPSA) is 194 Å². The molecule has 33 heavy (non-hydrogen) atoms. The molecule has 0 aliphatic carbocycles. The fourth-order valence-electron chi connectivity index (χ4n) is 2.62. The number of methoxy groups -OCH3 is 1. The van der Waals surface area contributed by atoms with Gasteiger partial charge in [-0.25, -0.2) is 16.8 Å². The van der Waals surface area contributed by atoms with Crippen LogP contribution >= 0.6 is 11.6 Å². The average Bonchev–Trinajstić information content (AvgIpc) is 2.66. The summed E-state index contributed by atoms with van der Waals surface area (Å²) in [5.41, 5.74) is -1.25. The first-order valence-corrected chi connectivity index (χ1v) is 11.2. The number of nitrogens with zero attached hydrogens (tertiary/aromatic N) is 2. The second kappa shape index (κ2) is 10.9. The number of fused-ring (bicyclic) bond motifs is 1. The van der Waals surface area contributed by atoms with Crippen LogP contribution in [0.2, 0.25) is 5.02 Å². The molecular formula is C17H9ClCrN2NaO9S2. The Labute approximate surface area is 226 Å². The first kappa shape index (κ1) is 29.6. The third-order valence-electron chi connectivity index (χ3n) is 4.05. The Morgan fingerprint density at radius 1 is 0.939 bits per heavy atom. The molecule has 0 N–H and O–H groups in total. The molecule has 3 aromatic rings. The van der Waals surface area contributed by atoms with Gasteiger partial charge in [-0.05, 0) is 35.0 Å². The van der Waals surface area contributed by atoms with Crippen LogP contribution in [0.25, 0.3) is 10.8 Å². The van der Waals surface area contributed by atoms with Crippen LogP contribution in [0.5, 0.6) is 17.2 Å². The molecule has 0 saturated carbocycles. The number of benzene rings is 3. The smallest absolute Gasteiger partial charge is 0.871 e. The van der Waals surface area contributed by atoms with E-state index in [0.29, 0.717) is 6.07 Å². The zero-order valence-electron chi connectivity index (χ0n) is 16.6. The number of azo groups is 1. The molecule has 0 amide bonds. The van der Waals surface area contributed by atoms with Gasteiger partial charge >= 0.3 is 46.9 Å². The molecule has 167 valence electrons. The Balaban J connectivity index is 0.00000272. The van der Waals surface area contributed by atoms with Crippen molar-refractivity contribution in [3.63, 3.8) is 0 Å². The molecule has 0 heterocycles. The molecule has 0 spiro atoms. The van der Waals surface area contributed by atoms with Crippen molar-refractivity contribution in [3.8, 4) is 17.2 Å². The van der Waals surface area contributed by atoms with Crippen molar-refractivity contribution in [2.45, 2.75) is 9.79 Å². The van der Waals surface area contributed by atoms with Crippen LogP contribution < -0.4 is 44.5 Å². The molecule has 0 atom stereocenters. The Morgan fingerprint density at radius 2 is 1.58 bits per heavy atom. The van der Waals surface area contributed by atoms with E-state index in [4.69, 9.17) is 16.3 Å². The van der Waals surface area contributed by atoms with Crippen LogP contribution in [-0.4, -0.2) is 33.1 Å². The minimum Gasteiger partial charge on any atom is -0.871 e. The average molecular weight is 560 g/mol. The second-order valence-corrected chi connectivity index (χ2v) is 9.13. The molecule has 1 radical (unpaired) electrons. The maximum atomic E-state index is 12.7. The van der Waals surface area contributed by atoms with E-state index < -0.39 is 47.2 Å². The molecule has 0 aromatic heterocycles. The van der Waals surface area contributed by atoms with Crippen molar-refractivity contribution in [1.82, 2.24) is 0 Å². The van der Waals surface area contributed by atoms with Crippen molar-refractivity contribution < 1.29 is 87.8 Å². The summed E-state index contributed by atoms with van der Waals surface area (Å²) < 4.78 is 73.5. The molecule has 0 aliphatic rings. The molecule has 11 nitrogen and oxygen atoms in total. The molecule has 0 bridgehead atoms. The summed E-state index contributed by atoms with van der Waals surface area (Å²) in [6.45, 7) is 0. The van der Waals surface area contributed by atoms with Crippen LogP contribution in [0, 0.1) is 0 Å². The van der Waals surface area contributed by atoms with Crippen LogP contribution in [0.1, 0.15) is 0 Å². The summed E-state index contributed by atoms with van der Waals surface area (Å²) in [5, 5.41) is 31.2. The van der Waals surface area contributed by atoms with Gasteiger partial charge in [0.2, 0.25) is 0 Å². The molecule has 0 unspecified atom stereocenters. The molecule has 3 aromatic carbocycles. The van der Waals surface area contributed by atoms with Gasteiger partial charge < -0.3 is 24.1 Å². The van der Waals surface area contributed by atoms with E-state index in [0.717, 1.165) is 30.3 Å². The molecule has 0 fully saturated rings. The Morgan fingerprint density at radius 3 is 2.12 bits per heavy atom. The normalized spacial score (nSPS) is 11.8. The summed E-state index contributed by atoms with van der Waals surface area (Å²) in [7, 11) is -8.92. The largest absolute Gasteiger partial charge is 3.00 e. The van der Waals surface area contributed by atoms with E-state index in [2.05, 4.69) is 10.2 Å². The minimum atomic E-state index is -5.29. The first-order chi connectivity index (χ1) is 14.3. The van der Waals surface area contributed by atoms with Gasteiger partial charge in [-0.15, -0.1) is 5.11 Å². The monoisotopic (exact) mass is 559 g/mol. The van der Waals surface area contributed by atoms with E-state index in [9.17, 15) is 36.2 Å². The number of hydrogen-bond acceptors (Lipinski definition) is 11. The Kier molecular flexibility index (Phi) is 9.75. The molecular weight excluding hydrogens is 551 g/mol. The SMILES string of the molecule is COc1cc(N=Nc2c(S(=O)(=O)[O-])cc3cc(S(=O)(=O)[O-])ccc3c2[O-])c([O-])cc1Cl.[Cr+3].[Na+]. The van der Waals surface area contributed by atoms with E-state index in [1.54, 1.807) is 0 Å². The number of halogens is 1. The van der Waals surface area contributed by atoms with Crippen molar-refractivity contribution in [2.75, 3.05) is 7.11 Å². The summed E-state index contributed by atoms with van der Waals surface area (Å²) in [4.78, 5) is -1.84. The van der Waals surface area contributed by atoms with Crippen LogP contribution in [0.15, 0.2) is 56.4 Å².